The van der Waals surface area contributed by atoms with Crippen LogP contribution in [-0.2, 0) is 16.1 Å². The summed E-state index contributed by atoms with van der Waals surface area (Å²) in [6.45, 7) is 0.988. The smallest absolute Gasteiger partial charge is 0.226 e. The van der Waals surface area contributed by atoms with E-state index in [2.05, 4.69) is 5.32 Å². The van der Waals surface area contributed by atoms with Gasteiger partial charge in [-0.2, -0.15) is 0 Å². The van der Waals surface area contributed by atoms with Gasteiger partial charge < -0.3 is 15.8 Å². The molecule has 1 aromatic rings. The number of hydrogen-bond acceptors (Lipinski definition) is 3. The van der Waals surface area contributed by atoms with Crippen LogP contribution in [-0.4, -0.2) is 18.6 Å². The zero-order valence-corrected chi connectivity index (χ0v) is 10.5. The molecule has 0 radical (unpaired) electrons. The van der Waals surface area contributed by atoms with Crippen molar-refractivity contribution >= 4 is 11.6 Å². The molecule has 4 heteroatoms. The molecule has 1 aliphatic rings. The molecule has 1 aliphatic carbocycles. The van der Waals surface area contributed by atoms with Crippen LogP contribution in [0.2, 0.25) is 0 Å². The maximum Gasteiger partial charge on any atom is 0.226 e. The summed E-state index contributed by atoms with van der Waals surface area (Å²) in [5, 5.41) is 2.85. The van der Waals surface area contributed by atoms with Crippen molar-refractivity contribution in [3.63, 3.8) is 0 Å². The van der Waals surface area contributed by atoms with Gasteiger partial charge in [0.2, 0.25) is 5.91 Å². The molecule has 0 aliphatic heterocycles. The molecule has 1 aromatic carbocycles. The fourth-order valence-electron chi connectivity index (χ4n) is 1.86. The largest absolute Gasteiger partial charge is 0.378 e. The van der Waals surface area contributed by atoms with Crippen LogP contribution in [0.3, 0.4) is 0 Å². The van der Waals surface area contributed by atoms with Crippen LogP contribution in [0, 0.1) is 0 Å². The van der Waals surface area contributed by atoms with Crippen LogP contribution < -0.4 is 11.1 Å². The van der Waals surface area contributed by atoms with Gasteiger partial charge >= 0.3 is 0 Å². The van der Waals surface area contributed by atoms with Crippen LogP contribution in [0.5, 0.6) is 0 Å². The first-order valence-electron chi connectivity index (χ1n) is 6.48. The van der Waals surface area contributed by atoms with E-state index in [0.29, 0.717) is 25.7 Å². The van der Waals surface area contributed by atoms with Crippen LogP contribution in [0.25, 0.3) is 0 Å². The first-order chi connectivity index (χ1) is 8.78. The Kier molecular flexibility index (Phi) is 4.73. The predicted octanol–water partition coefficient (Wildman–Crippen LogP) is 2.04. The Balaban J connectivity index is 1.71. The fourth-order valence-corrected chi connectivity index (χ4v) is 1.86. The zero-order valence-electron chi connectivity index (χ0n) is 10.5. The number of benzene rings is 1. The van der Waals surface area contributed by atoms with Crippen molar-refractivity contribution in [3.05, 3.63) is 29.8 Å². The molecule has 0 bridgehead atoms. The van der Waals surface area contributed by atoms with Crippen molar-refractivity contribution < 1.29 is 9.53 Å². The van der Waals surface area contributed by atoms with Crippen LogP contribution >= 0.6 is 0 Å². The van der Waals surface area contributed by atoms with Gasteiger partial charge in [-0.1, -0.05) is 12.1 Å². The summed E-state index contributed by atoms with van der Waals surface area (Å²) in [6, 6.07) is 7.59. The predicted molar refractivity (Wildman–Crippen MR) is 71.2 cm³/mol. The van der Waals surface area contributed by atoms with E-state index in [0.717, 1.165) is 24.1 Å². The molecule has 0 heterocycles. The summed E-state index contributed by atoms with van der Waals surface area (Å²) in [7, 11) is 0. The third-order valence-corrected chi connectivity index (χ3v) is 3.18. The molecular formula is C14H20N2O2. The molecule has 1 saturated carbocycles. The Morgan fingerprint density at radius 2 is 2.28 bits per heavy atom. The minimum atomic E-state index is -0.0107. The maximum absolute atomic E-state index is 11.7. The van der Waals surface area contributed by atoms with Gasteiger partial charge in [-0.25, -0.2) is 0 Å². The van der Waals surface area contributed by atoms with Gasteiger partial charge in [-0.3, -0.25) is 4.79 Å². The molecule has 1 amide bonds. The van der Waals surface area contributed by atoms with Crippen molar-refractivity contribution in [2.75, 3.05) is 11.9 Å². The highest BCUT2D eigenvalue weighted by Gasteiger charge is 2.17. The Labute approximate surface area is 108 Å². The van der Waals surface area contributed by atoms with Crippen LogP contribution in [0.4, 0.5) is 5.69 Å². The first-order valence-corrected chi connectivity index (χ1v) is 6.48. The van der Waals surface area contributed by atoms with Crippen LogP contribution in [0.15, 0.2) is 24.3 Å². The standard InChI is InChI=1S/C14H20N2O2/c15-10-11-3-1-4-12(9-11)16-14(17)7-8-18-13-5-2-6-13/h1,3-4,9,13H,2,5-8,10,15H2,(H,16,17). The fraction of sp³-hybridized carbons (Fsp3) is 0.500. The summed E-state index contributed by atoms with van der Waals surface area (Å²) in [6.07, 6.45) is 4.32. The van der Waals surface area contributed by atoms with Crippen molar-refractivity contribution in [3.8, 4) is 0 Å². The lowest BCUT2D eigenvalue weighted by atomic mass is 9.96. The highest BCUT2D eigenvalue weighted by atomic mass is 16.5. The SMILES string of the molecule is NCc1cccc(NC(=O)CCOC2CCC2)c1. The average molecular weight is 248 g/mol. The Morgan fingerprint density at radius 1 is 1.44 bits per heavy atom. The number of rotatable bonds is 6. The second-order valence-electron chi connectivity index (χ2n) is 4.63. The molecule has 0 atom stereocenters. The lowest BCUT2D eigenvalue weighted by Crippen LogP contribution is -2.24. The third-order valence-electron chi connectivity index (χ3n) is 3.18. The summed E-state index contributed by atoms with van der Waals surface area (Å²) in [5.41, 5.74) is 7.36. The molecule has 0 spiro atoms. The van der Waals surface area contributed by atoms with E-state index in [4.69, 9.17) is 10.5 Å². The summed E-state index contributed by atoms with van der Waals surface area (Å²) in [5.74, 6) is -0.0107. The Hall–Kier alpha value is -1.39. The molecule has 1 fully saturated rings. The van der Waals surface area contributed by atoms with Crippen molar-refractivity contribution in [1.82, 2.24) is 0 Å². The molecule has 0 unspecified atom stereocenters. The van der Waals surface area contributed by atoms with Gasteiger partial charge in [-0.05, 0) is 37.0 Å². The average Bonchev–Trinajstić information content (AvgIpc) is 2.32. The van der Waals surface area contributed by atoms with E-state index in [1.165, 1.54) is 6.42 Å². The number of anilines is 1. The highest BCUT2D eigenvalue weighted by Crippen LogP contribution is 2.21. The highest BCUT2D eigenvalue weighted by molar-refractivity contribution is 5.90. The number of nitrogens with one attached hydrogen (secondary N) is 1. The summed E-state index contributed by atoms with van der Waals surface area (Å²) < 4.78 is 5.55. The van der Waals surface area contributed by atoms with E-state index in [-0.39, 0.29) is 5.91 Å². The van der Waals surface area contributed by atoms with Crippen molar-refractivity contribution in [2.24, 2.45) is 5.73 Å². The summed E-state index contributed by atoms with van der Waals surface area (Å²) in [4.78, 5) is 11.7. The lowest BCUT2D eigenvalue weighted by Gasteiger charge is -2.25. The van der Waals surface area contributed by atoms with E-state index in [9.17, 15) is 4.79 Å². The normalized spacial score (nSPS) is 15.2. The number of carbonyl (C=O) groups excluding carboxylic acids is 1. The van der Waals surface area contributed by atoms with E-state index in [1.54, 1.807) is 0 Å². The number of hydrogen-bond donors (Lipinski definition) is 2. The van der Waals surface area contributed by atoms with Crippen molar-refractivity contribution in [2.45, 2.75) is 38.3 Å². The molecule has 2 rings (SSSR count). The van der Waals surface area contributed by atoms with Gasteiger partial charge in [0.1, 0.15) is 0 Å². The first kappa shape index (κ1) is 13.1. The van der Waals surface area contributed by atoms with Gasteiger partial charge in [0.15, 0.2) is 0 Å². The van der Waals surface area contributed by atoms with E-state index < -0.39 is 0 Å². The van der Waals surface area contributed by atoms with Crippen molar-refractivity contribution in [1.29, 1.82) is 0 Å². The molecule has 0 aromatic heterocycles. The second kappa shape index (κ2) is 6.52. The Bertz CT molecular complexity index is 403. The monoisotopic (exact) mass is 248 g/mol. The van der Waals surface area contributed by atoms with Gasteiger partial charge in [-0.15, -0.1) is 0 Å². The molecule has 3 N–H and O–H groups in total. The number of nitrogens with two attached hydrogens (primary N) is 1. The number of ether oxygens (including phenoxy) is 1. The van der Waals surface area contributed by atoms with Gasteiger partial charge in [0.25, 0.3) is 0 Å². The second-order valence-corrected chi connectivity index (χ2v) is 4.63. The molecule has 18 heavy (non-hydrogen) atoms. The zero-order chi connectivity index (χ0) is 12.8. The molecule has 4 nitrogen and oxygen atoms in total. The van der Waals surface area contributed by atoms with E-state index in [1.807, 2.05) is 24.3 Å². The molecular weight excluding hydrogens is 228 g/mol. The minimum Gasteiger partial charge on any atom is -0.378 e. The minimum absolute atomic E-state index is 0.0107. The summed E-state index contributed by atoms with van der Waals surface area (Å²) >= 11 is 0. The third kappa shape index (κ3) is 3.82. The van der Waals surface area contributed by atoms with Gasteiger partial charge in [0, 0.05) is 12.2 Å². The lowest BCUT2D eigenvalue weighted by molar-refractivity contribution is -0.118. The van der Waals surface area contributed by atoms with Gasteiger partial charge in [0.05, 0.1) is 19.1 Å². The Morgan fingerprint density at radius 3 is 2.94 bits per heavy atom. The topological polar surface area (TPSA) is 64.3 Å². The molecule has 0 saturated heterocycles. The van der Waals surface area contributed by atoms with Crippen LogP contribution in [0.1, 0.15) is 31.2 Å². The van der Waals surface area contributed by atoms with E-state index >= 15 is 0 Å². The quantitative estimate of drug-likeness (QED) is 0.809. The molecule has 98 valence electrons. The maximum atomic E-state index is 11.7. The number of amides is 1. The number of carbonyl (C=O) groups is 1.